The summed E-state index contributed by atoms with van der Waals surface area (Å²) in [6, 6.07) is 10.0. The molecule has 2 bridgehead atoms. The van der Waals surface area contributed by atoms with E-state index in [0.717, 1.165) is 50.8 Å². The number of carbonyl (C=O) groups is 1. The number of hydrogen-bond acceptors (Lipinski definition) is 5. The molecule has 6 rings (SSSR count). The molecule has 3 saturated carbocycles. The normalized spacial score (nSPS) is 22.3. The summed E-state index contributed by atoms with van der Waals surface area (Å²) in [6.07, 6.45) is 1.18. The van der Waals surface area contributed by atoms with Crippen LogP contribution in [0.25, 0.3) is 11.4 Å². The summed E-state index contributed by atoms with van der Waals surface area (Å²) in [5, 5.41) is 4.14. The predicted molar refractivity (Wildman–Crippen MR) is 152 cm³/mol. The number of alkyl halides is 4. The van der Waals surface area contributed by atoms with Gasteiger partial charge in [0.15, 0.2) is 0 Å². The Morgan fingerprint density at radius 3 is 2.29 bits per heavy atom. The number of rotatable bonds is 8. The number of nitrogens with zero attached hydrogens (tertiary/aromatic N) is 4. The van der Waals surface area contributed by atoms with Crippen molar-refractivity contribution in [2.24, 2.45) is 5.41 Å². The van der Waals surface area contributed by atoms with Crippen LogP contribution in [0.3, 0.4) is 0 Å². The van der Waals surface area contributed by atoms with Gasteiger partial charge in [0.1, 0.15) is 0 Å². The minimum Gasteiger partial charge on any atom is -0.338 e. The molecular weight excluding hydrogens is 548 g/mol. The molecule has 1 aromatic carbocycles. The minimum absolute atomic E-state index is 0.0511. The number of carbonyl (C=O) groups excluding carboxylic acids is 1. The predicted octanol–water partition coefficient (Wildman–Crippen LogP) is 7.99. The highest BCUT2D eigenvalue weighted by molar-refractivity contribution is 6.05. The van der Waals surface area contributed by atoms with Gasteiger partial charge in [-0.25, -0.2) is 0 Å². The summed E-state index contributed by atoms with van der Waals surface area (Å²) in [5.74, 6) is 0.593. The summed E-state index contributed by atoms with van der Waals surface area (Å²) in [4.78, 5) is 24.2. The molecule has 3 fully saturated rings. The Bertz CT molecular complexity index is 1430. The Morgan fingerprint density at radius 1 is 1.05 bits per heavy atom. The summed E-state index contributed by atoms with van der Waals surface area (Å²) in [5.41, 5.74) is 0.728. The zero-order valence-corrected chi connectivity index (χ0v) is 24.2. The van der Waals surface area contributed by atoms with Gasteiger partial charge in [0.05, 0.1) is 12.2 Å². The molecule has 42 heavy (non-hydrogen) atoms. The van der Waals surface area contributed by atoms with Gasteiger partial charge in [0.25, 0.3) is 5.91 Å². The van der Waals surface area contributed by atoms with Gasteiger partial charge in [-0.05, 0) is 68.2 Å². The molecule has 2 heterocycles. The third-order valence-corrected chi connectivity index (χ3v) is 8.96. The van der Waals surface area contributed by atoms with Crippen molar-refractivity contribution in [2.45, 2.75) is 82.7 Å². The smallest absolute Gasteiger partial charge is 0.338 e. The third kappa shape index (κ3) is 5.85. The molecular formula is C32H36F4N4O2. The van der Waals surface area contributed by atoms with Gasteiger partial charge in [0, 0.05) is 52.5 Å². The van der Waals surface area contributed by atoms with Crippen molar-refractivity contribution >= 4 is 11.6 Å². The first-order valence-corrected chi connectivity index (χ1v) is 14.3. The standard InChI is InChI=1S/C32H36F4N4O2/c1-21(10-17-33)27(41)40(24-7-5-6-22(18-24)26-38-28(42-39-26)29(2,3)4)20-30-11-14-31(15-12-30,16-13-30)25-9-8-23(19-37-25)32(34,35)36/h5-9,18-19H,1,10-17,20H2,2-4H3. The number of benzene rings is 1. The highest BCUT2D eigenvalue weighted by atomic mass is 19.4. The first kappa shape index (κ1) is 29.9. The van der Waals surface area contributed by atoms with E-state index in [2.05, 4.69) is 21.7 Å². The van der Waals surface area contributed by atoms with Crippen molar-refractivity contribution in [3.05, 3.63) is 71.9 Å². The van der Waals surface area contributed by atoms with Crippen LogP contribution in [0, 0.1) is 5.41 Å². The van der Waals surface area contributed by atoms with E-state index in [1.807, 2.05) is 45.0 Å². The zero-order valence-electron chi connectivity index (χ0n) is 24.2. The number of amides is 1. The molecule has 1 amide bonds. The van der Waals surface area contributed by atoms with Gasteiger partial charge in [-0.2, -0.15) is 18.2 Å². The highest BCUT2D eigenvalue weighted by Crippen LogP contribution is 2.58. The molecule has 0 spiro atoms. The number of aromatic nitrogens is 3. The van der Waals surface area contributed by atoms with Gasteiger partial charge in [-0.15, -0.1) is 0 Å². The first-order chi connectivity index (χ1) is 19.8. The van der Waals surface area contributed by atoms with E-state index >= 15 is 0 Å². The molecule has 0 radical (unpaired) electrons. The highest BCUT2D eigenvalue weighted by Gasteiger charge is 2.51. The molecule has 0 unspecified atom stereocenters. The molecule has 3 aliphatic carbocycles. The van der Waals surface area contributed by atoms with Crippen LogP contribution < -0.4 is 4.90 Å². The fourth-order valence-corrected chi connectivity index (χ4v) is 6.25. The topological polar surface area (TPSA) is 72.1 Å². The maximum absolute atomic E-state index is 13.7. The average Bonchev–Trinajstić information content (AvgIpc) is 3.48. The van der Waals surface area contributed by atoms with E-state index < -0.39 is 18.4 Å². The van der Waals surface area contributed by atoms with Gasteiger partial charge in [-0.1, -0.05) is 44.6 Å². The van der Waals surface area contributed by atoms with Crippen LogP contribution in [0.1, 0.15) is 82.9 Å². The number of fused-ring (bicyclic) bond motifs is 3. The maximum Gasteiger partial charge on any atom is 0.417 e. The maximum atomic E-state index is 13.7. The zero-order chi connectivity index (χ0) is 30.3. The van der Waals surface area contributed by atoms with Gasteiger partial charge >= 0.3 is 6.18 Å². The number of pyridine rings is 1. The van der Waals surface area contributed by atoms with Crippen molar-refractivity contribution < 1.29 is 26.9 Å². The van der Waals surface area contributed by atoms with Crippen LogP contribution in [0.4, 0.5) is 23.2 Å². The molecule has 0 N–H and O–H groups in total. The Balaban J connectivity index is 1.40. The van der Waals surface area contributed by atoms with Gasteiger partial charge < -0.3 is 9.42 Å². The van der Waals surface area contributed by atoms with Gasteiger partial charge in [-0.3, -0.25) is 14.2 Å². The van der Waals surface area contributed by atoms with Crippen molar-refractivity contribution in [2.75, 3.05) is 18.1 Å². The van der Waals surface area contributed by atoms with Crippen LogP contribution in [0.2, 0.25) is 0 Å². The minimum atomic E-state index is -4.42. The summed E-state index contributed by atoms with van der Waals surface area (Å²) in [7, 11) is 0. The van der Waals surface area contributed by atoms with Crippen molar-refractivity contribution in [1.82, 2.24) is 15.1 Å². The molecule has 0 saturated heterocycles. The Hall–Kier alpha value is -3.56. The summed E-state index contributed by atoms with van der Waals surface area (Å²) >= 11 is 0. The van der Waals surface area contributed by atoms with Crippen molar-refractivity contribution in [3.8, 4) is 11.4 Å². The average molecular weight is 585 g/mol. The molecule has 10 heteroatoms. The molecule has 0 aliphatic heterocycles. The summed E-state index contributed by atoms with van der Waals surface area (Å²) < 4.78 is 58.0. The second-order valence-corrected chi connectivity index (χ2v) is 12.9. The molecule has 3 aliphatic rings. The Labute approximate surface area is 243 Å². The third-order valence-electron chi connectivity index (χ3n) is 8.96. The molecule has 6 nitrogen and oxygen atoms in total. The number of anilines is 1. The van der Waals surface area contributed by atoms with E-state index in [1.165, 1.54) is 6.07 Å². The molecule has 224 valence electrons. The lowest BCUT2D eigenvalue weighted by Gasteiger charge is -2.54. The molecule has 2 aromatic heterocycles. The molecule has 3 aromatic rings. The van der Waals surface area contributed by atoms with E-state index in [-0.39, 0.29) is 34.1 Å². The monoisotopic (exact) mass is 584 g/mol. The fraction of sp³-hybridized carbons (Fsp3) is 0.500. The fourth-order valence-electron chi connectivity index (χ4n) is 6.25. The number of halogens is 4. The quantitative estimate of drug-likeness (QED) is 0.198. The SMILES string of the molecule is C=C(CCF)C(=O)N(CC12CCC(c3ccc(C(F)(F)F)cn3)(CC1)CC2)c1cccc(-c2noc(C(C)(C)C)n2)c1. The Morgan fingerprint density at radius 2 is 1.74 bits per heavy atom. The second kappa shape index (κ2) is 10.9. The molecule has 0 atom stereocenters. The van der Waals surface area contributed by atoms with Crippen LogP contribution in [0.15, 0.2) is 59.3 Å². The lowest BCUT2D eigenvalue weighted by molar-refractivity contribution is -0.137. The van der Waals surface area contributed by atoms with Crippen LogP contribution in [-0.4, -0.2) is 34.3 Å². The largest absolute Gasteiger partial charge is 0.417 e. The van der Waals surface area contributed by atoms with Crippen LogP contribution in [0.5, 0.6) is 0 Å². The lowest BCUT2D eigenvalue weighted by atomic mass is 9.52. The van der Waals surface area contributed by atoms with E-state index in [9.17, 15) is 22.4 Å². The van der Waals surface area contributed by atoms with Crippen molar-refractivity contribution in [1.29, 1.82) is 0 Å². The van der Waals surface area contributed by atoms with Crippen molar-refractivity contribution in [3.63, 3.8) is 0 Å². The van der Waals surface area contributed by atoms with Crippen LogP contribution in [-0.2, 0) is 21.8 Å². The first-order valence-electron chi connectivity index (χ1n) is 14.3. The summed E-state index contributed by atoms with van der Waals surface area (Å²) in [6.45, 7) is 9.56. The van der Waals surface area contributed by atoms with E-state index in [0.29, 0.717) is 35.2 Å². The lowest BCUT2D eigenvalue weighted by Crippen LogP contribution is -2.51. The second-order valence-electron chi connectivity index (χ2n) is 12.9. The van der Waals surface area contributed by atoms with Crippen LogP contribution >= 0.6 is 0 Å². The van der Waals surface area contributed by atoms with E-state index in [1.54, 1.807) is 4.90 Å². The van der Waals surface area contributed by atoms with Gasteiger partial charge in [0.2, 0.25) is 11.7 Å². The Kier molecular flexibility index (Phi) is 7.79. The van der Waals surface area contributed by atoms with E-state index in [4.69, 9.17) is 4.52 Å². The number of hydrogen-bond donors (Lipinski definition) is 0.